The highest BCUT2D eigenvalue weighted by Crippen LogP contribution is 2.36. The van der Waals surface area contributed by atoms with Crippen LogP contribution >= 0.6 is 45.9 Å². The van der Waals surface area contributed by atoms with Gasteiger partial charge in [-0.3, -0.25) is 10.1 Å². The average molecular weight is 793 g/mol. The minimum Gasteiger partial charge on any atom is -0.619 e. The molecule has 5 rings (SSSR count). The Morgan fingerprint density at radius 2 is 1.83 bits per heavy atom. The highest BCUT2D eigenvalue weighted by atomic mass is 35.5. The Balaban J connectivity index is 1.35. The Bertz CT molecular complexity index is 1810. The minimum atomic E-state index is -1.47. The van der Waals surface area contributed by atoms with Crippen LogP contribution in [0.3, 0.4) is 0 Å². The fraction of sp³-hybridized carbons (Fsp3) is 0.389. The molecule has 1 aliphatic rings. The van der Waals surface area contributed by atoms with Gasteiger partial charge in [0.15, 0.2) is 29.4 Å². The van der Waals surface area contributed by atoms with Gasteiger partial charge in [-0.1, -0.05) is 35.3 Å². The maximum atomic E-state index is 13.9. The highest BCUT2D eigenvalue weighted by molar-refractivity contribution is 7.14. The van der Waals surface area contributed by atoms with Gasteiger partial charge in [-0.15, -0.1) is 22.7 Å². The first-order valence-electron chi connectivity index (χ1n) is 16.3. The molecule has 1 unspecified atom stereocenters. The molecule has 4 aromatic rings. The van der Waals surface area contributed by atoms with Crippen LogP contribution in [0.15, 0.2) is 60.2 Å². The number of carbonyl (C=O) groups excluding carboxylic acids is 3. The maximum absolute atomic E-state index is 13.9. The van der Waals surface area contributed by atoms with Gasteiger partial charge in [0.2, 0.25) is 0 Å². The summed E-state index contributed by atoms with van der Waals surface area (Å²) in [5.74, 6) is -0.0303. The number of rotatable bonds is 17. The molecule has 1 aliphatic heterocycles. The van der Waals surface area contributed by atoms with E-state index in [-0.39, 0.29) is 42.1 Å². The molecule has 1 aromatic carbocycles. The number of aromatic nitrogens is 1. The molecule has 52 heavy (non-hydrogen) atoms. The Morgan fingerprint density at radius 3 is 2.48 bits per heavy atom. The smallest absolute Gasteiger partial charge is 0.348 e. The van der Waals surface area contributed by atoms with Gasteiger partial charge < -0.3 is 33.8 Å². The molecule has 1 saturated heterocycles. The largest absolute Gasteiger partial charge is 0.619 e. The van der Waals surface area contributed by atoms with E-state index < -0.39 is 23.6 Å². The van der Waals surface area contributed by atoms with Gasteiger partial charge in [0.25, 0.3) is 6.47 Å². The van der Waals surface area contributed by atoms with E-state index >= 15 is 0 Å². The normalized spacial score (nSPS) is 15.3. The number of likely N-dealkylation sites (tertiary alicyclic amines) is 1. The van der Waals surface area contributed by atoms with E-state index in [0.717, 1.165) is 25.9 Å². The summed E-state index contributed by atoms with van der Waals surface area (Å²) in [6.45, 7) is 2.28. The van der Waals surface area contributed by atoms with Crippen LogP contribution in [0.1, 0.15) is 49.5 Å². The highest BCUT2D eigenvalue weighted by Gasteiger charge is 2.44. The fourth-order valence-corrected chi connectivity index (χ4v) is 8.17. The standard InChI is InChI=1S/C36H39Cl2N3O9S2/c1-40-12-10-23(11-13-40)20-49-35(44)36(21-48-22-42,33-5-4-14-51-33)39-17-25-7-9-32(52-25)34(43)50-30(16-26-27(37)18-41(45)19-28(26)38)24-6-8-29(46-2)31(15-24)47-3/h4-9,14-15,18-19,22-23,30,39H,10-13,16-17,20-21H2,1-3H3/t30-,36?/m0/s1. The molecule has 1 fully saturated rings. The number of nitrogens with one attached hydrogen (secondary N) is 1. The Hall–Kier alpha value is -3.92. The predicted molar refractivity (Wildman–Crippen MR) is 197 cm³/mol. The molecular weight excluding hydrogens is 753 g/mol. The number of methoxy groups -OCH3 is 2. The Labute approximate surface area is 319 Å². The number of hydrogen-bond acceptors (Lipinski definition) is 13. The molecule has 1 N–H and O–H groups in total. The number of piperidine rings is 1. The first-order chi connectivity index (χ1) is 25.1. The van der Waals surface area contributed by atoms with Crippen LogP contribution in [0.4, 0.5) is 0 Å². The molecule has 0 saturated carbocycles. The SMILES string of the molecule is COc1ccc([C@H](Cc2c(Cl)c[n+]([O-])cc2Cl)OC(=O)c2ccc(CNC(COC=O)(C(=O)OCC3CCN(C)CC3)c3cccs3)s2)cc1OC. The van der Waals surface area contributed by atoms with Gasteiger partial charge >= 0.3 is 11.9 Å². The van der Waals surface area contributed by atoms with Crippen molar-refractivity contribution in [3.63, 3.8) is 0 Å². The molecule has 0 radical (unpaired) electrons. The monoisotopic (exact) mass is 791 g/mol. The summed E-state index contributed by atoms with van der Waals surface area (Å²) in [5.41, 5.74) is -0.477. The second-order valence-corrected chi connectivity index (χ2v) is 15.2. The van der Waals surface area contributed by atoms with E-state index in [1.54, 1.807) is 36.4 Å². The number of esters is 2. The van der Waals surface area contributed by atoms with Crippen molar-refractivity contribution >= 4 is 64.3 Å². The molecule has 0 bridgehead atoms. The number of ether oxygens (including phenoxy) is 5. The zero-order valence-electron chi connectivity index (χ0n) is 28.8. The number of hydrogen-bond donors (Lipinski definition) is 1. The Morgan fingerprint density at radius 1 is 1.10 bits per heavy atom. The molecule has 0 aliphatic carbocycles. The average Bonchev–Trinajstić information content (AvgIpc) is 3.86. The van der Waals surface area contributed by atoms with E-state index in [9.17, 15) is 19.6 Å². The number of pyridine rings is 1. The zero-order valence-corrected chi connectivity index (χ0v) is 31.9. The fourth-order valence-electron chi connectivity index (χ4n) is 5.87. The molecular formula is C36H39Cl2N3O9S2. The summed E-state index contributed by atoms with van der Waals surface area (Å²) < 4.78 is 28.5. The lowest BCUT2D eigenvalue weighted by Gasteiger charge is -2.33. The van der Waals surface area contributed by atoms with Gasteiger partial charge in [0, 0.05) is 28.3 Å². The summed E-state index contributed by atoms with van der Waals surface area (Å²) in [6, 6.07) is 12.1. The van der Waals surface area contributed by atoms with E-state index in [1.807, 2.05) is 11.4 Å². The summed E-state index contributed by atoms with van der Waals surface area (Å²) in [6.07, 6.45) is 3.35. The number of benzene rings is 1. The number of carbonyl (C=O) groups is 3. The number of halogens is 2. The van der Waals surface area contributed by atoms with Crippen molar-refractivity contribution in [3.05, 3.63) is 101 Å². The summed E-state index contributed by atoms with van der Waals surface area (Å²) in [7, 11) is 5.08. The lowest BCUT2D eigenvalue weighted by Crippen LogP contribution is -2.53. The van der Waals surface area contributed by atoms with Gasteiger partial charge in [0.05, 0.1) is 20.8 Å². The predicted octanol–water partition coefficient (Wildman–Crippen LogP) is 5.95. The van der Waals surface area contributed by atoms with E-state index in [1.165, 1.54) is 49.3 Å². The van der Waals surface area contributed by atoms with Crippen molar-refractivity contribution in [2.24, 2.45) is 5.92 Å². The van der Waals surface area contributed by atoms with Crippen molar-refractivity contribution in [2.45, 2.75) is 37.5 Å². The zero-order chi connectivity index (χ0) is 37.3. The molecule has 0 amide bonds. The number of thiophene rings is 2. The molecule has 3 aromatic heterocycles. The third kappa shape index (κ3) is 9.54. The van der Waals surface area contributed by atoms with Crippen molar-refractivity contribution < 1.29 is 42.8 Å². The van der Waals surface area contributed by atoms with Crippen molar-refractivity contribution in [2.75, 3.05) is 47.6 Å². The van der Waals surface area contributed by atoms with E-state index in [4.69, 9.17) is 46.9 Å². The first kappa shape index (κ1) is 39.3. The van der Waals surface area contributed by atoms with Crippen LogP contribution < -0.4 is 19.5 Å². The van der Waals surface area contributed by atoms with Gasteiger partial charge in [-0.25, -0.2) is 9.59 Å². The quantitative estimate of drug-likeness (QED) is 0.0446. The number of nitrogens with zero attached hydrogens (tertiary/aromatic N) is 2. The van der Waals surface area contributed by atoms with Gasteiger partial charge in [-0.05, 0) is 80.2 Å². The lowest BCUT2D eigenvalue weighted by atomic mass is 9.96. The topological polar surface area (TPSA) is 140 Å². The van der Waals surface area contributed by atoms with Crippen molar-refractivity contribution in [3.8, 4) is 11.5 Å². The summed E-state index contributed by atoms with van der Waals surface area (Å²) in [4.78, 5) is 42.8. The van der Waals surface area contributed by atoms with Crippen LogP contribution in [0, 0.1) is 11.1 Å². The molecule has 16 heteroatoms. The second kappa shape index (κ2) is 18.2. The van der Waals surface area contributed by atoms with Crippen molar-refractivity contribution in [1.82, 2.24) is 10.2 Å². The second-order valence-electron chi connectivity index (χ2n) is 12.3. The molecule has 278 valence electrons. The first-order valence-corrected chi connectivity index (χ1v) is 18.8. The summed E-state index contributed by atoms with van der Waals surface area (Å²) >= 11 is 15.3. The molecule has 4 heterocycles. The van der Waals surface area contributed by atoms with Crippen LogP contribution in [0.25, 0.3) is 0 Å². The van der Waals surface area contributed by atoms with Gasteiger partial charge in [0.1, 0.15) is 27.6 Å². The minimum absolute atomic E-state index is 0.0548. The third-order valence-electron chi connectivity index (χ3n) is 8.85. The van der Waals surface area contributed by atoms with E-state index in [0.29, 0.717) is 48.5 Å². The Kier molecular flexibility index (Phi) is 13.8. The van der Waals surface area contributed by atoms with Crippen molar-refractivity contribution in [1.29, 1.82) is 0 Å². The molecule has 0 spiro atoms. The van der Waals surface area contributed by atoms with Crippen LogP contribution in [0.2, 0.25) is 10.0 Å². The van der Waals surface area contributed by atoms with Gasteiger partial charge in [-0.2, -0.15) is 4.73 Å². The molecule has 2 atom stereocenters. The molecule has 12 nitrogen and oxygen atoms in total. The van der Waals surface area contributed by atoms with Crippen LogP contribution in [0.5, 0.6) is 11.5 Å². The lowest BCUT2D eigenvalue weighted by molar-refractivity contribution is -0.605. The van der Waals surface area contributed by atoms with Crippen LogP contribution in [-0.2, 0) is 42.3 Å². The summed E-state index contributed by atoms with van der Waals surface area (Å²) in [5, 5.41) is 17.3. The van der Waals surface area contributed by atoms with E-state index in [2.05, 4.69) is 17.3 Å². The van der Waals surface area contributed by atoms with Crippen LogP contribution in [-0.4, -0.2) is 70.9 Å². The maximum Gasteiger partial charge on any atom is 0.348 e. The third-order valence-corrected chi connectivity index (χ3v) is 11.6.